The molecule has 0 unspecified atom stereocenters. The number of aryl methyl sites for hydroxylation is 2. The van der Waals surface area contributed by atoms with Crippen LogP contribution in [0.5, 0.6) is 0 Å². The number of fused-ring (bicyclic) bond motifs is 1. The first kappa shape index (κ1) is 16.0. The zero-order chi connectivity index (χ0) is 16.6. The molecule has 0 fully saturated rings. The van der Waals surface area contributed by atoms with Gasteiger partial charge in [0.2, 0.25) is 0 Å². The van der Waals surface area contributed by atoms with E-state index in [1.54, 1.807) is 6.33 Å². The molecule has 1 aliphatic rings. The van der Waals surface area contributed by atoms with Crippen molar-refractivity contribution in [2.24, 2.45) is 5.14 Å². The third-order valence-electron chi connectivity index (χ3n) is 4.31. The second-order valence-electron chi connectivity index (χ2n) is 5.89. The van der Waals surface area contributed by atoms with E-state index in [2.05, 4.69) is 42.0 Å². The summed E-state index contributed by atoms with van der Waals surface area (Å²) in [4.78, 5) is 8.80. The first-order valence-corrected chi connectivity index (χ1v) is 9.06. The maximum absolute atomic E-state index is 11.5. The molecule has 3 rings (SSSR count). The quantitative estimate of drug-likeness (QED) is 0.910. The number of aromatic nitrogens is 2. The Morgan fingerprint density at radius 2 is 1.87 bits per heavy atom. The molecule has 122 valence electrons. The van der Waals surface area contributed by atoms with Crippen LogP contribution in [0.25, 0.3) is 16.5 Å². The summed E-state index contributed by atoms with van der Waals surface area (Å²) in [6, 6.07) is 4.16. The predicted octanol–water partition coefficient (Wildman–Crippen LogP) is 1.93. The zero-order valence-corrected chi connectivity index (χ0v) is 14.1. The molecule has 2 aromatic rings. The number of nitrogens with zero attached hydrogens (tertiary/aromatic N) is 3. The Morgan fingerprint density at radius 1 is 1.13 bits per heavy atom. The minimum atomic E-state index is -3.64. The molecule has 2 N–H and O–H groups in total. The summed E-state index contributed by atoms with van der Waals surface area (Å²) in [6.45, 7) is 4.91. The van der Waals surface area contributed by atoms with Crippen molar-refractivity contribution in [2.45, 2.75) is 26.7 Å². The number of benzene rings is 1. The number of nitrogens with two attached hydrogens (primary N) is 1. The van der Waals surface area contributed by atoms with Crippen LogP contribution in [0.15, 0.2) is 24.5 Å². The standard InChI is InChI=1S/C16H20N4O2S/c1-11-8-14-15(9-12(11)2)18-10-19-16(14)13-4-3-6-20(7-5-13)23(17,21)22/h4,8-10H,3,5-7H2,1-2H3,(H2,17,21,22). The van der Waals surface area contributed by atoms with Gasteiger partial charge >= 0.3 is 0 Å². The third-order valence-corrected chi connectivity index (χ3v) is 5.40. The van der Waals surface area contributed by atoms with Gasteiger partial charge in [0.05, 0.1) is 11.2 Å². The summed E-state index contributed by atoms with van der Waals surface area (Å²) in [6.07, 6.45) is 4.84. The van der Waals surface area contributed by atoms with E-state index in [1.807, 2.05) is 0 Å². The van der Waals surface area contributed by atoms with E-state index in [0.29, 0.717) is 25.9 Å². The highest BCUT2D eigenvalue weighted by Gasteiger charge is 2.21. The highest BCUT2D eigenvalue weighted by Crippen LogP contribution is 2.28. The minimum Gasteiger partial charge on any atom is -0.236 e. The number of rotatable bonds is 2. The van der Waals surface area contributed by atoms with Crippen molar-refractivity contribution < 1.29 is 8.42 Å². The van der Waals surface area contributed by atoms with Crippen LogP contribution >= 0.6 is 0 Å². The molecule has 1 aromatic heterocycles. The van der Waals surface area contributed by atoms with E-state index in [0.717, 1.165) is 22.2 Å². The van der Waals surface area contributed by atoms with Gasteiger partial charge in [-0.2, -0.15) is 12.7 Å². The van der Waals surface area contributed by atoms with Crippen LogP contribution in [0.3, 0.4) is 0 Å². The molecule has 2 heterocycles. The van der Waals surface area contributed by atoms with Gasteiger partial charge < -0.3 is 0 Å². The summed E-state index contributed by atoms with van der Waals surface area (Å²) in [5.74, 6) is 0. The van der Waals surface area contributed by atoms with Crippen LogP contribution in [0.1, 0.15) is 29.7 Å². The Bertz CT molecular complexity index is 890. The second-order valence-corrected chi connectivity index (χ2v) is 7.43. The summed E-state index contributed by atoms with van der Waals surface area (Å²) in [5.41, 5.74) is 5.22. The van der Waals surface area contributed by atoms with Crippen molar-refractivity contribution in [1.29, 1.82) is 0 Å². The maximum atomic E-state index is 11.5. The van der Waals surface area contributed by atoms with Gasteiger partial charge in [0.25, 0.3) is 10.2 Å². The average molecular weight is 332 g/mol. The largest absolute Gasteiger partial charge is 0.276 e. The van der Waals surface area contributed by atoms with Crippen molar-refractivity contribution >= 4 is 26.7 Å². The average Bonchev–Trinajstić information content (AvgIpc) is 2.73. The van der Waals surface area contributed by atoms with Gasteiger partial charge in [-0.15, -0.1) is 0 Å². The van der Waals surface area contributed by atoms with Crippen LogP contribution in [-0.2, 0) is 10.2 Å². The molecule has 0 saturated carbocycles. The Hall–Kier alpha value is -1.83. The topological polar surface area (TPSA) is 89.2 Å². The lowest BCUT2D eigenvalue weighted by Crippen LogP contribution is -2.37. The first-order chi connectivity index (χ1) is 10.9. The fourth-order valence-electron chi connectivity index (χ4n) is 2.88. The smallest absolute Gasteiger partial charge is 0.236 e. The fraction of sp³-hybridized carbons (Fsp3) is 0.375. The molecule has 0 saturated heterocycles. The van der Waals surface area contributed by atoms with E-state index in [4.69, 9.17) is 5.14 Å². The molecule has 0 aliphatic carbocycles. The van der Waals surface area contributed by atoms with Crippen molar-refractivity contribution in [3.63, 3.8) is 0 Å². The molecular weight excluding hydrogens is 312 g/mol. The Kier molecular flexibility index (Phi) is 4.18. The number of hydrogen-bond donors (Lipinski definition) is 1. The number of hydrogen-bond acceptors (Lipinski definition) is 4. The van der Waals surface area contributed by atoms with E-state index >= 15 is 0 Å². The van der Waals surface area contributed by atoms with Gasteiger partial charge in [-0.3, -0.25) is 0 Å². The van der Waals surface area contributed by atoms with Crippen LogP contribution in [-0.4, -0.2) is 35.8 Å². The lowest BCUT2D eigenvalue weighted by molar-refractivity contribution is 0.430. The Morgan fingerprint density at radius 3 is 2.61 bits per heavy atom. The molecule has 0 atom stereocenters. The maximum Gasteiger partial charge on any atom is 0.276 e. The Balaban J connectivity index is 2.01. The second kappa shape index (κ2) is 5.99. The normalized spacial score (nSPS) is 17.1. The van der Waals surface area contributed by atoms with Crippen molar-refractivity contribution in [3.05, 3.63) is 41.4 Å². The molecule has 7 heteroatoms. The lowest BCUT2D eigenvalue weighted by atomic mass is 10.00. The summed E-state index contributed by atoms with van der Waals surface area (Å²) in [5, 5.41) is 6.25. The third kappa shape index (κ3) is 3.26. The summed E-state index contributed by atoms with van der Waals surface area (Å²) >= 11 is 0. The SMILES string of the molecule is Cc1cc2ncnc(C3=CCCN(S(N)(=O)=O)CC3)c2cc1C. The molecular formula is C16H20N4O2S. The summed E-state index contributed by atoms with van der Waals surface area (Å²) < 4.78 is 24.4. The molecule has 0 radical (unpaired) electrons. The molecule has 6 nitrogen and oxygen atoms in total. The van der Waals surface area contributed by atoms with Crippen LogP contribution in [0.4, 0.5) is 0 Å². The highest BCUT2D eigenvalue weighted by molar-refractivity contribution is 7.86. The van der Waals surface area contributed by atoms with E-state index in [1.165, 1.54) is 15.4 Å². The lowest BCUT2D eigenvalue weighted by Gasteiger charge is -2.16. The predicted molar refractivity (Wildman–Crippen MR) is 90.9 cm³/mol. The molecule has 1 aromatic carbocycles. The fourth-order valence-corrected chi connectivity index (χ4v) is 3.59. The molecule has 0 bridgehead atoms. The van der Waals surface area contributed by atoms with Gasteiger partial charge in [-0.25, -0.2) is 15.1 Å². The van der Waals surface area contributed by atoms with E-state index in [-0.39, 0.29) is 0 Å². The highest BCUT2D eigenvalue weighted by atomic mass is 32.2. The van der Waals surface area contributed by atoms with Gasteiger partial charge in [-0.05, 0) is 55.5 Å². The monoisotopic (exact) mass is 332 g/mol. The van der Waals surface area contributed by atoms with E-state index in [9.17, 15) is 8.42 Å². The Labute approximate surface area is 136 Å². The van der Waals surface area contributed by atoms with Gasteiger partial charge in [0.1, 0.15) is 6.33 Å². The van der Waals surface area contributed by atoms with Crippen LogP contribution in [0, 0.1) is 13.8 Å². The molecule has 1 aliphatic heterocycles. The van der Waals surface area contributed by atoms with E-state index < -0.39 is 10.2 Å². The van der Waals surface area contributed by atoms with Crippen molar-refractivity contribution in [1.82, 2.24) is 14.3 Å². The van der Waals surface area contributed by atoms with Crippen molar-refractivity contribution in [3.8, 4) is 0 Å². The van der Waals surface area contributed by atoms with Gasteiger partial charge in [-0.1, -0.05) is 6.08 Å². The van der Waals surface area contributed by atoms with Gasteiger partial charge in [0, 0.05) is 18.5 Å². The molecule has 0 spiro atoms. The van der Waals surface area contributed by atoms with Gasteiger partial charge in [0.15, 0.2) is 0 Å². The van der Waals surface area contributed by atoms with Crippen LogP contribution in [0.2, 0.25) is 0 Å². The zero-order valence-electron chi connectivity index (χ0n) is 13.3. The van der Waals surface area contributed by atoms with Crippen molar-refractivity contribution in [2.75, 3.05) is 13.1 Å². The summed E-state index contributed by atoms with van der Waals surface area (Å²) in [7, 11) is -3.64. The molecule has 0 amide bonds. The molecule has 23 heavy (non-hydrogen) atoms. The minimum absolute atomic E-state index is 0.376. The first-order valence-electron chi connectivity index (χ1n) is 7.55. The van der Waals surface area contributed by atoms with Crippen LogP contribution < -0.4 is 5.14 Å².